The molecule has 0 atom stereocenters. The third kappa shape index (κ3) is 6.60. The number of aliphatic hydroxyl groups is 1. The van der Waals surface area contributed by atoms with Crippen LogP contribution < -0.4 is 10.5 Å². The Morgan fingerprint density at radius 2 is 1.90 bits per heavy atom. The average molecular weight is 318 g/mol. The van der Waals surface area contributed by atoms with Crippen molar-refractivity contribution in [1.29, 1.82) is 0 Å². The quantitative estimate of drug-likeness (QED) is 0.498. The first-order valence-corrected chi connectivity index (χ1v) is 8.99. The lowest BCUT2D eigenvalue weighted by atomic mass is 10.0. The predicted octanol–water partition coefficient (Wildman–Crippen LogP) is 1.44. The summed E-state index contributed by atoms with van der Waals surface area (Å²) in [6.45, 7) is 3.47. The lowest BCUT2D eigenvalue weighted by Crippen LogP contribution is -2.45. The molecule has 5 nitrogen and oxygen atoms in total. The number of hydrogen-bond donors (Lipinski definition) is 3. The van der Waals surface area contributed by atoms with Crippen LogP contribution in [0, 0.1) is 0 Å². The Balaban J connectivity index is 2.45. The fourth-order valence-corrected chi connectivity index (χ4v) is 4.46. The Labute approximate surface area is 125 Å². The maximum atomic E-state index is 11.9. The lowest BCUT2D eigenvalue weighted by Gasteiger charge is -2.24. The van der Waals surface area contributed by atoms with E-state index in [0.717, 1.165) is 4.90 Å². The average Bonchev–Trinajstić information content (AvgIpc) is 2.29. The van der Waals surface area contributed by atoms with Crippen LogP contribution in [0.1, 0.15) is 20.3 Å². The number of hydrogen-bond acceptors (Lipinski definition) is 5. The minimum Gasteiger partial charge on any atom is -0.399 e. The van der Waals surface area contributed by atoms with E-state index in [1.807, 2.05) is 12.1 Å². The minimum atomic E-state index is -3.35. The molecule has 0 aliphatic rings. The summed E-state index contributed by atoms with van der Waals surface area (Å²) in [5, 5.41) is 8.90. The second-order valence-electron chi connectivity index (χ2n) is 5.20. The van der Waals surface area contributed by atoms with Crippen molar-refractivity contribution in [2.24, 2.45) is 0 Å². The largest absolute Gasteiger partial charge is 0.399 e. The minimum absolute atomic E-state index is 0.0386. The van der Waals surface area contributed by atoms with Gasteiger partial charge in [0.15, 0.2) is 0 Å². The molecule has 0 aromatic heterocycles. The normalized spacial score (nSPS) is 12.6. The van der Waals surface area contributed by atoms with Crippen molar-refractivity contribution in [1.82, 2.24) is 4.72 Å². The van der Waals surface area contributed by atoms with Crippen LogP contribution in [-0.2, 0) is 10.0 Å². The maximum Gasteiger partial charge on any atom is 0.212 e. The summed E-state index contributed by atoms with van der Waals surface area (Å²) in [7, 11) is -3.35. The van der Waals surface area contributed by atoms with E-state index in [-0.39, 0.29) is 12.4 Å². The van der Waals surface area contributed by atoms with Gasteiger partial charge in [0, 0.05) is 28.5 Å². The monoisotopic (exact) mass is 318 g/mol. The van der Waals surface area contributed by atoms with Gasteiger partial charge in [0.2, 0.25) is 10.0 Å². The van der Waals surface area contributed by atoms with Crippen LogP contribution >= 0.6 is 11.8 Å². The van der Waals surface area contributed by atoms with Crippen molar-refractivity contribution < 1.29 is 13.5 Å². The smallest absolute Gasteiger partial charge is 0.212 e. The van der Waals surface area contributed by atoms with E-state index in [1.54, 1.807) is 26.0 Å². The molecule has 114 valence electrons. The molecule has 0 amide bonds. The zero-order valence-corrected chi connectivity index (χ0v) is 13.4. The maximum absolute atomic E-state index is 11.9. The van der Waals surface area contributed by atoms with Crippen LogP contribution in [0.15, 0.2) is 29.2 Å². The number of aliphatic hydroxyl groups excluding tert-OH is 1. The van der Waals surface area contributed by atoms with Crippen LogP contribution in [0.4, 0.5) is 5.69 Å². The first-order chi connectivity index (χ1) is 9.24. The highest BCUT2D eigenvalue weighted by Crippen LogP contribution is 2.19. The summed E-state index contributed by atoms with van der Waals surface area (Å²) in [4.78, 5) is 0.990. The Morgan fingerprint density at radius 3 is 2.45 bits per heavy atom. The SMILES string of the molecule is CC(C)(CCO)NS(=O)(=O)CCSc1ccc(N)cc1. The van der Waals surface area contributed by atoms with E-state index in [1.165, 1.54) is 11.8 Å². The van der Waals surface area contributed by atoms with E-state index in [0.29, 0.717) is 17.9 Å². The van der Waals surface area contributed by atoms with Gasteiger partial charge in [0.1, 0.15) is 0 Å². The molecule has 0 spiro atoms. The van der Waals surface area contributed by atoms with Gasteiger partial charge in [0.25, 0.3) is 0 Å². The van der Waals surface area contributed by atoms with Gasteiger partial charge >= 0.3 is 0 Å². The molecule has 0 fully saturated rings. The highest BCUT2D eigenvalue weighted by Gasteiger charge is 2.23. The molecule has 7 heteroatoms. The van der Waals surface area contributed by atoms with E-state index in [2.05, 4.69) is 4.72 Å². The van der Waals surface area contributed by atoms with Crippen molar-refractivity contribution in [3.8, 4) is 0 Å². The van der Waals surface area contributed by atoms with E-state index >= 15 is 0 Å². The van der Waals surface area contributed by atoms with Crippen molar-refractivity contribution >= 4 is 27.5 Å². The van der Waals surface area contributed by atoms with Crippen LogP contribution in [0.3, 0.4) is 0 Å². The summed E-state index contributed by atoms with van der Waals surface area (Å²) in [5.41, 5.74) is 5.65. The third-order valence-electron chi connectivity index (χ3n) is 2.67. The van der Waals surface area contributed by atoms with Crippen LogP contribution in [0.25, 0.3) is 0 Å². The molecule has 0 heterocycles. The second-order valence-corrected chi connectivity index (χ2v) is 8.21. The molecule has 0 saturated heterocycles. The van der Waals surface area contributed by atoms with Gasteiger partial charge in [-0.1, -0.05) is 0 Å². The fourth-order valence-electron chi connectivity index (χ4n) is 1.64. The van der Waals surface area contributed by atoms with E-state index in [4.69, 9.17) is 10.8 Å². The second kappa shape index (κ2) is 7.31. The van der Waals surface area contributed by atoms with E-state index in [9.17, 15) is 8.42 Å². The van der Waals surface area contributed by atoms with Crippen molar-refractivity contribution in [3.63, 3.8) is 0 Å². The number of nitrogens with one attached hydrogen (secondary N) is 1. The molecule has 0 unspecified atom stereocenters. The van der Waals surface area contributed by atoms with Crippen molar-refractivity contribution in [2.45, 2.75) is 30.7 Å². The molecule has 0 aliphatic heterocycles. The fraction of sp³-hybridized carbons (Fsp3) is 0.538. The standard InChI is InChI=1S/C13H22N2O3S2/c1-13(2,7-8-16)15-20(17,18)10-9-19-12-5-3-11(14)4-6-12/h3-6,15-16H,7-10,14H2,1-2H3. The summed E-state index contributed by atoms with van der Waals surface area (Å²) in [6, 6.07) is 7.32. The predicted molar refractivity (Wildman–Crippen MR) is 84.3 cm³/mol. The number of benzene rings is 1. The van der Waals surface area contributed by atoms with Crippen LogP contribution in [0.5, 0.6) is 0 Å². The number of rotatable bonds is 8. The lowest BCUT2D eigenvalue weighted by molar-refractivity contribution is 0.246. The Kier molecular flexibility index (Phi) is 6.32. The molecule has 1 rings (SSSR count). The van der Waals surface area contributed by atoms with Gasteiger partial charge in [-0.05, 0) is 44.5 Å². The Bertz CT molecular complexity index is 513. The molecule has 1 aromatic rings. The molecule has 1 aromatic carbocycles. The summed E-state index contributed by atoms with van der Waals surface area (Å²) in [6.07, 6.45) is 0.386. The third-order valence-corrected chi connectivity index (χ3v) is 5.55. The molecule has 0 radical (unpaired) electrons. The molecule has 20 heavy (non-hydrogen) atoms. The zero-order chi connectivity index (χ0) is 15.2. The first kappa shape index (κ1) is 17.3. The van der Waals surface area contributed by atoms with E-state index < -0.39 is 15.6 Å². The molecule has 0 bridgehead atoms. The number of anilines is 1. The van der Waals surface area contributed by atoms with Crippen molar-refractivity contribution in [2.75, 3.05) is 23.8 Å². The molecular formula is C13H22N2O3S2. The first-order valence-electron chi connectivity index (χ1n) is 6.35. The number of nitrogen functional groups attached to an aromatic ring is 1. The van der Waals surface area contributed by atoms with Crippen LogP contribution in [0.2, 0.25) is 0 Å². The summed E-state index contributed by atoms with van der Waals surface area (Å²) in [5.74, 6) is 0.505. The number of thioether (sulfide) groups is 1. The number of sulfonamides is 1. The van der Waals surface area contributed by atoms with Gasteiger partial charge in [-0.25, -0.2) is 13.1 Å². The zero-order valence-electron chi connectivity index (χ0n) is 11.8. The summed E-state index contributed by atoms with van der Waals surface area (Å²) < 4.78 is 26.5. The Hall–Kier alpha value is -0.760. The highest BCUT2D eigenvalue weighted by atomic mass is 32.2. The molecular weight excluding hydrogens is 296 g/mol. The van der Waals surface area contributed by atoms with Crippen molar-refractivity contribution in [3.05, 3.63) is 24.3 Å². The van der Waals surface area contributed by atoms with Gasteiger partial charge in [-0.15, -0.1) is 11.8 Å². The van der Waals surface area contributed by atoms with Gasteiger partial charge in [-0.2, -0.15) is 0 Å². The highest BCUT2D eigenvalue weighted by molar-refractivity contribution is 8.00. The molecule has 0 aliphatic carbocycles. The van der Waals surface area contributed by atoms with Gasteiger partial charge in [-0.3, -0.25) is 0 Å². The molecule has 4 N–H and O–H groups in total. The van der Waals surface area contributed by atoms with Gasteiger partial charge in [0.05, 0.1) is 5.75 Å². The van der Waals surface area contributed by atoms with Crippen LogP contribution in [-0.4, -0.2) is 37.2 Å². The summed E-state index contributed by atoms with van der Waals surface area (Å²) >= 11 is 1.47. The van der Waals surface area contributed by atoms with Gasteiger partial charge < -0.3 is 10.8 Å². The number of nitrogens with two attached hydrogens (primary N) is 1. The molecule has 0 saturated carbocycles. The Morgan fingerprint density at radius 1 is 1.30 bits per heavy atom. The topological polar surface area (TPSA) is 92.4 Å².